The van der Waals surface area contributed by atoms with Crippen molar-refractivity contribution in [3.05, 3.63) is 16.1 Å². The van der Waals surface area contributed by atoms with Crippen molar-refractivity contribution >= 4 is 41.3 Å². The van der Waals surface area contributed by atoms with Gasteiger partial charge < -0.3 is 20.4 Å². The van der Waals surface area contributed by atoms with E-state index < -0.39 is 11.9 Å². The van der Waals surface area contributed by atoms with Crippen LogP contribution in [-0.4, -0.2) is 80.1 Å². The lowest BCUT2D eigenvalue weighted by molar-refractivity contribution is -0.140. The van der Waals surface area contributed by atoms with E-state index in [-0.39, 0.29) is 24.0 Å². The highest BCUT2D eigenvalue weighted by atomic mass is 127. The van der Waals surface area contributed by atoms with Gasteiger partial charge in [-0.15, -0.1) is 35.3 Å². The molecule has 0 amide bonds. The predicted molar refractivity (Wildman–Crippen MR) is 123 cm³/mol. The Morgan fingerprint density at radius 1 is 1.24 bits per heavy atom. The van der Waals surface area contributed by atoms with Gasteiger partial charge in [0, 0.05) is 64.7 Å². The fourth-order valence-electron chi connectivity index (χ4n) is 3.13. The van der Waals surface area contributed by atoms with Crippen molar-refractivity contribution in [1.29, 1.82) is 0 Å². The maximum absolute atomic E-state index is 12.6. The summed E-state index contributed by atoms with van der Waals surface area (Å²) in [5.74, 6) is 1.13. The highest BCUT2D eigenvalue weighted by Gasteiger charge is 2.33. The Kier molecular flexibility index (Phi) is 11.7. The molecule has 11 heteroatoms. The summed E-state index contributed by atoms with van der Waals surface area (Å²) in [5.41, 5.74) is -0.816. The van der Waals surface area contributed by atoms with Crippen LogP contribution in [0.15, 0.2) is 10.4 Å². The average molecular weight is 548 g/mol. The molecule has 1 unspecified atom stereocenters. The third kappa shape index (κ3) is 9.35. The van der Waals surface area contributed by atoms with E-state index in [1.807, 2.05) is 0 Å². The molecule has 168 valence electrons. The summed E-state index contributed by atoms with van der Waals surface area (Å²) in [7, 11) is 1.69. The molecule has 1 saturated heterocycles. The van der Waals surface area contributed by atoms with Crippen LogP contribution in [0, 0.1) is 5.92 Å². The molecule has 1 aliphatic heterocycles. The van der Waals surface area contributed by atoms with Crippen LogP contribution in [0.5, 0.6) is 0 Å². The lowest BCUT2D eigenvalue weighted by Gasteiger charge is -2.35. The Morgan fingerprint density at radius 2 is 1.90 bits per heavy atom. The molecule has 1 aliphatic rings. The van der Waals surface area contributed by atoms with Crippen molar-refractivity contribution in [2.24, 2.45) is 10.9 Å². The largest absolute Gasteiger partial charge is 0.434 e. The number of piperazine rings is 1. The Bertz CT molecular complexity index is 617. The van der Waals surface area contributed by atoms with Gasteiger partial charge in [0.05, 0.1) is 5.01 Å². The summed E-state index contributed by atoms with van der Waals surface area (Å²) in [4.78, 5) is 12.8. The molecule has 0 spiro atoms. The molecular formula is C18H32F3IN6S. The molecule has 0 aliphatic carbocycles. The number of rotatable bonds is 8. The van der Waals surface area contributed by atoms with Gasteiger partial charge in [0.25, 0.3) is 0 Å². The van der Waals surface area contributed by atoms with Gasteiger partial charge >= 0.3 is 6.18 Å². The van der Waals surface area contributed by atoms with Gasteiger partial charge in [-0.05, 0) is 12.5 Å². The van der Waals surface area contributed by atoms with E-state index in [4.69, 9.17) is 0 Å². The number of nitrogens with zero attached hydrogens (tertiary/aromatic N) is 4. The van der Waals surface area contributed by atoms with Crippen LogP contribution < -0.4 is 10.6 Å². The number of aliphatic imine (C=N–C) groups is 1. The van der Waals surface area contributed by atoms with Crippen LogP contribution in [0.1, 0.15) is 24.5 Å². The summed E-state index contributed by atoms with van der Waals surface area (Å²) < 4.78 is 37.7. The van der Waals surface area contributed by atoms with Gasteiger partial charge in [-0.3, -0.25) is 4.99 Å². The normalized spacial score (nSPS) is 17.7. The first-order valence-corrected chi connectivity index (χ1v) is 10.6. The zero-order chi connectivity index (χ0) is 20.6. The van der Waals surface area contributed by atoms with Gasteiger partial charge in [0.15, 0.2) is 11.7 Å². The Morgan fingerprint density at radius 3 is 2.45 bits per heavy atom. The Balaban J connectivity index is 0.00000420. The monoisotopic (exact) mass is 548 g/mol. The zero-order valence-electron chi connectivity index (χ0n) is 17.3. The van der Waals surface area contributed by atoms with E-state index in [0.29, 0.717) is 29.9 Å². The smallest absolute Gasteiger partial charge is 0.356 e. The van der Waals surface area contributed by atoms with Crippen molar-refractivity contribution in [1.82, 2.24) is 25.4 Å². The molecule has 0 radical (unpaired) electrons. The van der Waals surface area contributed by atoms with Crippen LogP contribution in [0.4, 0.5) is 13.2 Å². The van der Waals surface area contributed by atoms with Gasteiger partial charge in [0.1, 0.15) is 0 Å². The van der Waals surface area contributed by atoms with Crippen LogP contribution in [0.3, 0.4) is 0 Å². The number of nitrogens with one attached hydrogen (secondary N) is 2. The Labute approximate surface area is 192 Å². The fourth-order valence-corrected chi connectivity index (χ4v) is 3.93. The predicted octanol–water partition coefficient (Wildman–Crippen LogP) is 2.76. The second kappa shape index (κ2) is 12.9. The van der Waals surface area contributed by atoms with Crippen LogP contribution in [0.2, 0.25) is 0 Å². The van der Waals surface area contributed by atoms with E-state index in [0.717, 1.165) is 62.5 Å². The summed E-state index contributed by atoms with van der Waals surface area (Å²) >= 11 is 1.03. The van der Waals surface area contributed by atoms with E-state index in [1.54, 1.807) is 7.05 Å². The number of alkyl halides is 3. The topological polar surface area (TPSA) is 55.8 Å². The number of likely N-dealkylation sites (N-methyl/N-ethyl adjacent to an activating group) is 1. The standard InChI is InChI=1S/C18H31F3N6S.HI/c1-4-26-7-9-27(10-8-26)12-14(2)11-24-17(22-3)23-6-5-16-25-15(13-28-16)18(19,20)21;/h13-14H,4-12H2,1-3H3,(H2,22,23,24);1H. The molecule has 0 saturated carbocycles. The highest BCUT2D eigenvalue weighted by Crippen LogP contribution is 2.29. The number of aromatic nitrogens is 1. The van der Waals surface area contributed by atoms with E-state index in [9.17, 15) is 13.2 Å². The fraction of sp³-hybridized carbons (Fsp3) is 0.778. The molecule has 1 atom stereocenters. The second-order valence-electron chi connectivity index (χ2n) is 7.09. The van der Waals surface area contributed by atoms with Crippen molar-refractivity contribution in [3.63, 3.8) is 0 Å². The number of guanidine groups is 1. The first kappa shape index (κ1) is 26.4. The lowest BCUT2D eigenvalue weighted by atomic mass is 10.1. The van der Waals surface area contributed by atoms with Crippen LogP contribution in [-0.2, 0) is 12.6 Å². The first-order valence-electron chi connectivity index (χ1n) is 9.72. The molecule has 1 aromatic rings. The van der Waals surface area contributed by atoms with E-state index in [2.05, 4.69) is 44.3 Å². The maximum atomic E-state index is 12.6. The van der Waals surface area contributed by atoms with Crippen molar-refractivity contribution < 1.29 is 13.2 Å². The van der Waals surface area contributed by atoms with E-state index >= 15 is 0 Å². The van der Waals surface area contributed by atoms with Gasteiger partial charge in [0.2, 0.25) is 0 Å². The number of hydrogen-bond acceptors (Lipinski definition) is 5. The van der Waals surface area contributed by atoms with Crippen molar-refractivity contribution in [2.75, 3.05) is 59.4 Å². The van der Waals surface area contributed by atoms with Crippen LogP contribution >= 0.6 is 35.3 Å². The minimum atomic E-state index is -4.38. The second-order valence-corrected chi connectivity index (χ2v) is 8.04. The molecule has 1 aromatic heterocycles. The molecule has 0 bridgehead atoms. The third-order valence-corrected chi connectivity index (χ3v) is 5.71. The van der Waals surface area contributed by atoms with Gasteiger partial charge in [-0.2, -0.15) is 13.2 Å². The third-order valence-electron chi connectivity index (χ3n) is 4.80. The molecule has 0 aromatic carbocycles. The summed E-state index contributed by atoms with van der Waals surface area (Å²) in [5, 5.41) is 7.97. The molecule has 2 N–H and O–H groups in total. The number of halogens is 4. The summed E-state index contributed by atoms with van der Waals surface area (Å²) in [6, 6.07) is 0. The molecule has 29 heavy (non-hydrogen) atoms. The van der Waals surface area contributed by atoms with Gasteiger partial charge in [-0.25, -0.2) is 4.98 Å². The first-order chi connectivity index (χ1) is 13.3. The highest BCUT2D eigenvalue weighted by molar-refractivity contribution is 14.0. The molecule has 6 nitrogen and oxygen atoms in total. The minimum Gasteiger partial charge on any atom is -0.356 e. The zero-order valence-corrected chi connectivity index (χ0v) is 20.4. The Hall–Kier alpha value is -0.660. The average Bonchev–Trinajstić information content (AvgIpc) is 3.14. The SMILES string of the molecule is CCN1CCN(CC(C)CNC(=NC)NCCc2nc(C(F)(F)F)cs2)CC1.I. The van der Waals surface area contributed by atoms with E-state index in [1.165, 1.54) is 0 Å². The summed E-state index contributed by atoms with van der Waals surface area (Å²) in [6.07, 6.45) is -3.95. The lowest BCUT2D eigenvalue weighted by Crippen LogP contribution is -2.48. The van der Waals surface area contributed by atoms with Gasteiger partial charge in [-0.1, -0.05) is 13.8 Å². The molecule has 1 fully saturated rings. The molecule has 2 rings (SSSR count). The van der Waals surface area contributed by atoms with Crippen molar-refractivity contribution in [2.45, 2.75) is 26.4 Å². The number of hydrogen-bond donors (Lipinski definition) is 2. The quantitative estimate of drug-likeness (QED) is 0.298. The number of thiazole rings is 1. The van der Waals surface area contributed by atoms with Crippen molar-refractivity contribution in [3.8, 4) is 0 Å². The molecular weight excluding hydrogens is 516 g/mol. The minimum absolute atomic E-state index is 0. The maximum Gasteiger partial charge on any atom is 0.434 e. The van der Waals surface area contributed by atoms with Crippen LogP contribution in [0.25, 0.3) is 0 Å². The summed E-state index contributed by atoms with van der Waals surface area (Å²) in [6.45, 7) is 12.3. The molecule has 2 heterocycles.